The molecule has 0 aromatic heterocycles. The first-order valence-electron chi connectivity index (χ1n) is 4.25. The molecule has 1 aromatic rings. The molecule has 0 radical (unpaired) electrons. The van der Waals surface area contributed by atoms with Gasteiger partial charge >= 0.3 is 0 Å². The minimum absolute atomic E-state index is 0.118. The lowest BCUT2D eigenvalue weighted by Crippen LogP contribution is -1.94. The van der Waals surface area contributed by atoms with E-state index in [1.54, 1.807) is 0 Å². The van der Waals surface area contributed by atoms with Crippen LogP contribution < -0.4 is 4.74 Å². The van der Waals surface area contributed by atoms with Crippen LogP contribution in [0.4, 0.5) is 0 Å². The lowest BCUT2D eigenvalue weighted by atomic mass is 10.2. The van der Waals surface area contributed by atoms with Gasteiger partial charge in [0.25, 0.3) is 0 Å². The molecule has 0 aliphatic rings. The molecule has 0 saturated carbocycles. The van der Waals surface area contributed by atoms with Crippen LogP contribution >= 0.6 is 27.5 Å². The minimum atomic E-state index is -0.118. The topological polar surface area (TPSA) is 9.23 Å². The van der Waals surface area contributed by atoms with Gasteiger partial charge in [-0.25, -0.2) is 0 Å². The van der Waals surface area contributed by atoms with Crippen molar-refractivity contribution in [1.29, 1.82) is 0 Å². The third kappa shape index (κ3) is 3.57. The van der Waals surface area contributed by atoms with Gasteiger partial charge in [0.15, 0.2) is 0 Å². The van der Waals surface area contributed by atoms with E-state index in [9.17, 15) is 0 Å². The Balaban J connectivity index is 2.59. The van der Waals surface area contributed by atoms with E-state index < -0.39 is 0 Å². The van der Waals surface area contributed by atoms with Gasteiger partial charge in [0.1, 0.15) is 10.0 Å². The van der Waals surface area contributed by atoms with Crippen LogP contribution in [0.3, 0.4) is 0 Å². The molecule has 1 unspecified atom stereocenters. The Morgan fingerprint density at radius 1 is 1.38 bits per heavy atom. The monoisotopic (exact) mass is 262 g/mol. The standard InChI is InChI=1S/C10H12BrClO/c1-2-7-13-9-5-3-8(4-6-9)10(11)12/h3-6,10H,2,7H2,1H3. The lowest BCUT2D eigenvalue weighted by Gasteiger charge is -2.05. The van der Waals surface area contributed by atoms with E-state index in [1.165, 1.54) is 0 Å². The molecule has 13 heavy (non-hydrogen) atoms. The van der Waals surface area contributed by atoms with E-state index in [1.807, 2.05) is 24.3 Å². The number of hydrogen-bond donors (Lipinski definition) is 0. The van der Waals surface area contributed by atoms with Gasteiger partial charge in [-0.2, -0.15) is 0 Å². The zero-order valence-electron chi connectivity index (χ0n) is 7.47. The van der Waals surface area contributed by atoms with Crippen molar-refractivity contribution in [3.63, 3.8) is 0 Å². The van der Waals surface area contributed by atoms with Crippen LogP contribution in [-0.4, -0.2) is 6.61 Å². The summed E-state index contributed by atoms with van der Waals surface area (Å²) in [5, 5.41) is 0. The number of alkyl halides is 2. The quantitative estimate of drug-likeness (QED) is 0.743. The summed E-state index contributed by atoms with van der Waals surface area (Å²) in [5.41, 5.74) is 1.05. The molecule has 0 heterocycles. The van der Waals surface area contributed by atoms with E-state index in [0.717, 1.165) is 24.3 Å². The Hall–Kier alpha value is -0.210. The molecule has 0 aliphatic carbocycles. The molecule has 0 fully saturated rings. The van der Waals surface area contributed by atoms with Crippen molar-refractivity contribution in [2.45, 2.75) is 17.6 Å². The van der Waals surface area contributed by atoms with Crippen LogP contribution in [-0.2, 0) is 0 Å². The number of benzene rings is 1. The third-order valence-corrected chi connectivity index (χ3v) is 2.39. The summed E-state index contributed by atoms with van der Waals surface area (Å²) < 4.78 is 5.31. The maximum Gasteiger partial charge on any atom is 0.119 e. The normalized spacial score (nSPS) is 12.5. The first-order chi connectivity index (χ1) is 6.24. The highest BCUT2D eigenvalue weighted by molar-refractivity contribution is 9.09. The molecule has 0 saturated heterocycles. The second kappa shape index (κ2) is 5.51. The van der Waals surface area contributed by atoms with Crippen LogP contribution in [0.2, 0.25) is 0 Å². The van der Waals surface area contributed by atoms with Gasteiger partial charge in [-0.3, -0.25) is 0 Å². The fraction of sp³-hybridized carbons (Fsp3) is 0.400. The molecule has 0 spiro atoms. The second-order valence-electron chi connectivity index (χ2n) is 2.72. The Labute approximate surface area is 92.2 Å². The average Bonchev–Trinajstić information content (AvgIpc) is 2.15. The van der Waals surface area contributed by atoms with Crippen molar-refractivity contribution in [2.24, 2.45) is 0 Å². The molecule has 1 rings (SSSR count). The van der Waals surface area contributed by atoms with E-state index in [2.05, 4.69) is 22.9 Å². The maximum absolute atomic E-state index is 5.84. The average molecular weight is 264 g/mol. The van der Waals surface area contributed by atoms with Gasteiger partial charge in [-0.05, 0) is 24.1 Å². The Morgan fingerprint density at radius 2 is 2.00 bits per heavy atom. The van der Waals surface area contributed by atoms with Crippen molar-refractivity contribution >= 4 is 27.5 Å². The number of hydrogen-bond acceptors (Lipinski definition) is 1. The number of halogens is 2. The number of ether oxygens (including phenoxy) is 1. The summed E-state index contributed by atoms with van der Waals surface area (Å²) in [4.78, 5) is 0. The summed E-state index contributed by atoms with van der Waals surface area (Å²) in [6.07, 6.45) is 1.03. The van der Waals surface area contributed by atoms with Crippen molar-refractivity contribution in [1.82, 2.24) is 0 Å². The van der Waals surface area contributed by atoms with Gasteiger partial charge in [-0.15, -0.1) is 11.6 Å². The molecule has 1 nitrogen and oxygen atoms in total. The van der Waals surface area contributed by atoms with Gasteiger partial charge in [-0.1, -0.05) is 35.0 Å². The van der Waals surface area contributed by atoms with Crippen LogP contribution in [0.25, 0.3) is 0 Å². The summed E-state index contributed by atoms with van der Waals surface area (Å²) in [6.45, 7) is 2.85. The summed E-state index contributed by atoms with van der Waals surface area (Å²) in [7, 11) is 0. The SMILES string of the molecule is CCCOc1ccc(C(Cl)Br)cc1. The maximum atomic E-state index is 5.84. The summed E-state index contributed by atoms with van der Waals surface area (Å²) in [6, 6.07) is 7.78. The molecule has 72 valence electrons. The van der Waals surface area contributed by atoms with Gasteiger partial charge in [0.05, 0.1) is 6.61 Å². The zero-order chi connectivity index (χ0) is 9.68. The smallest absolute Gasteiger partial charge is 0.119 e. The van der Waals surface area contributed by atoms with E-state index >= 15 is 0 Å². The van der Waals surface area contributed by atoms with Crippen molar-refractivity contribution < 1.29 is 4.74 Å². The van der Waals surface area contributed by atoms with Crippen LogP contribution in [0.5, 0.6) is 5.75 Å². The molecule has 0 amide bonds. The highest BCUT2D eigenvalue weighted by Crippen LogP contribution is 2.27. The highest BCUT2D eigenvalue weighted by Gasteiger charge is 2.01. The minimum Gasteiger partial charge on any atom is -0.494 e. The third-order valence-electron chi connectivity index (χ3n) is 1.60. The van der Waals surface area contributed by atoms with E-state index in [0.29, 0.717) is 0 Å². The predicted octanol–water partition coefficient (Wildman–Crippen LogP) is 4.11. The predicted molar refractivity (Wildman–Crippen MR) is 59.7 cm³/mol. The molecule has 1 atom stereocenters. The molecular weight excluding hydrogens is 251 g/mol. The zero-order valence-corrected chi connectivity index (χ0v) is 9.81. The first kappa shape index (κ1) is 10.9. The van der Waals surface area contributed by atoms with Crippen LogP contribution in [0.1, 0.15) is 23.2 Å². The molecule has 0 bridgehead atoms. The fourth-order valence-electron chi connectivity index (χ4n) is 0.929. The number of rotatable bonds is 4. The van der Waals surface area contributed by atoms with Gasteiger partial charge in [0, 0.05) is 0 Å². The van der Waals surface area contributed by atoms with Crippen LogP contribution in [0.15, 0.2) is 24.3 Å². The second-order valence-corrected chi connectivity index (χ2v) is 4.60. The van der Waals surface area contributed by atoms with Gasteiger partial charge < -0.3 is 4.74 Å². The van der Waals surface area contributed by atoms with Crippen molar-refractivity contribution in [3.8, 4) is 5.75 Å². The lowest BCUT2D eigenvalue weighted by molar-refractivity contribution is 0.317. The van der Waals surface area contributed by atoms with Crippen molar-refractivity contribution in [2.75, 3.05) is 6.61 Å². The molecule has 0 N–H and O–H groups in total. The molecule has 1 aromatic carbocycles. The van der Waals surface area contributed by atoms with Crippen molar-refractivity contribution in [3.05, 3.63) is 29.8 Å². The molecule has 0 aliphatic heterocycles. The first-order valence-corrected chi connectivity index (χ1v) is 5.60. The molecule has 3 heteroatoms. The highest BCUT2D eigenvalue weighted by atomic mass is 79.9. The largest absolute Gasteiger partial charge is 0.494 e. The Bertz CT molecular complexity index is 246. The Kier molecular flexibility index (Phi) is 4.60. The Morgan fingerprint density at radius 3 is 2.46 bits per heavy atom. The fourth-order valence-corrected chi connectivity index (χ4v) is 1.38. The van der Waals surface area contributed by atoms with Gasteiger partial charge in [0.2, 0.25) is 0 Å². The van der Waals surface area contributed by atoms with Crippen LogP contribution in [0, 0.1) is 0 Å². The van der Waals surface area contributed by atoms with E-state index in [-0.39, 0.29) is 4.29 Å². The summed E-state index contributed by atoms with van der Waals surface area (Å²) >= 11 is 9.12. The summed E-state index contributed by atoms with van der Waals surface area (Å²) in [5.74, 6) is 0.899. The van der Waals surface area contributed by atoms with E-state index in [4.69, 9.17) is 16.3 Å². The molecular formula is C10H12BrClO.